The number of amides is 2. The van der Waals surface area contributed by atoms with Crippen LogP contribution in [0, 0.1) is 0 Å². The molecule has 2 amide bonds. The largest absolute Gasteiger partial charge is 0.480 e. The molecule has 0 aliphatic carbocycles. The maximum Gasteiger partial charge on any atom is 0.323 e. The summed E-state index contributed by atoms with van der Waals surface area (Å²) in [6, 6.07) is -0.388. The molecule has 7 nitrogen and oxygen atoms in total. The number of carbonyl (C=O) groups is 2. The topological polar surface area (TPSA) is 95.0 Å². The number of urea groups is 1. The number of hydrogen-bond donors (Lipinski definition) is 1. The van der Waals surface area contributed by atoms with Crippen molar-refractivity contribution in [1.82, 2.24) is 9.80 Å². The van der Waals surface area contributed by atoms with E-state index in [9.17, 15) is 18.0 Å². The molecule has 0 saturated carbocycles. The molecule has 1 fully saturated rings. The van der Waals surface area contributed by atoms with Gasteiger partial charge in [0.05, 0.1) is 11.5 Å². The number of sulfone groups is 1. The van der Waals surface area contributed by atoms with E-state index in [0.717, 1.165) is 0 Å². The SMILES string of the molecule is CCCN(CC(=O)O)C(=O)N1CCCS(=O)(=O)CC1. The fourth-order valence-electron chi connectivity index (χ4n) is 2.01. The summed E-state index contributed by atoms with van der Waals surface area (Å²) < 4.78 is 22.9. The Bertz CT molecular complexity index is 434. The van der Waals surface area contributed by atoms with E-state index in [1.807, 2.05) is 6.92 Å². The number of carboxylic acid groups (broad SMARTS) is 1. The molecule has 0 bridgehead atoms. The zero-order valence-electron chi connectivity index (χ0n) is 11.0. The monoisotopic (exact) mass is 292 g/mol. The summed E-state index contributed by atoms with van der Waals surface area (Å²) in [5.74, 6) is -1.03. The molecule has 0 spiro atoms. The maximum absolute atomic E-state index is 12.2. The molecule has 1 aliphatic rings. The van der Waals surface area contributed by atoms with Crippen LogP contribution in [-0.4, -0.2) is 73.0 Å². The van der Waals surface area contributed by atoms with Crippen molar-refractivity contribution < 1.29 is 23.1 Å². The minimum absolute atomic E-state index is 0.0498. The number of nitrogens with zero attached hydrogens (tertiary/aromatic N) is 2. The normalized spacial score (nSPS) is 18.7. The molecule has 0 radical (unpaired) electrons. The Kier molecular flexibility index (Phi) is 5.59. The van der Waals surface area contributed by atoms with E-state index in [1.165, 1.54) is 9.80 Å². The van der Waals surface area contributed by atoms with Gasteiger partial charge >= 0.3 is 12.0 Å². The second-order valence-corrected chi connectivity index (χ2v) is 6.89. The number of hydrogen-bond acceptors (Lipinski definition) is 4. The minimum atomic E-state index is -3.08. The van der Waals surface area contributed by atoms with Gasteiger partial charge in [-0.2, -0.15) is 0 Å². The van der Waals surface area contributed by atoms with Gasteiger partial charge in [-0.05, 0) is 12.8 Å². The van der Waals surface area contributed by atoms with Crippen molar-refractivity contribution in [1.29, 1.82) is 0 Å². The third-order valence-electron chi connectivity index (χ3n) is 2.92. The summed E-state index contributed by atoms with van der Waals surface area (Å²) in [5.41, 5.74) is 0. The Hall–Kier alpha value is -1.31. The van der Waals surface area contributed by atoms with E-state index < -0.39 is 15.8 Å². The van der Waals surface area contributed by atoms with Gasteiger partial charge in [0.25, 0.3) is 0 Å². The van der Waals surface area contributed by atoms with E-state index in [2.05, 4.69) is 0 Å². The predicted molar refractivity (Wildman–Crippen MR) is 69.7 cm³/mol. The highest BCUT2D eigenvalue weighted by Gasteiger charge is 2.26. The lowest BCUT2D eigenvalue weighted by Gasteiger charge is -2.28. The predicted octanol–water partition coefficient (Wildman–Crippen LogP) is 0.0235. The Balaban J connectivity index is 2.70. The highest BCUT2D eigenvalue weighted by Crippen LogP contribution is 2.08. The molecule has 19 heavy (non-hydrogen) atoms. The van der Waals surface area contributed by atoms with E-state index >= 15 is 0 Å². The molecule has 0 aromatic rings. The molecule has 1 rings (SSSR count). The lowest BCUT2D eigenvalue weighted by atomic mass is 10.3. The van der Waals surface area contributed by atoms with Crippen molar-refractivity contribution in [2.75, 3.05) is 37.7 Å². The maximum atomic E-state index is 12.2. The van der Waals surface area contributed by atoms with Gasteiger partial charge in [-0.25, -0.2) is 13.2 Å². The van der Waals surface area contributed by atoms with Crippen LogP contribution in [0.25, 0.3) is 0 Å². The smallest absolute Gasteiger partial charge is 0.323 e. The average Bonchev–Trinajstić information content (AvgIpc) is 2.48. The van der Waals surface area contributed by atoms with Gasteiger partial charge < -0.3 is 14.9 Å². The summed E-state index contributed by atoms with van der Waals surface area (Å²) in [5, 5.41) is 8.79. The van der Waals surface area contributed by atoms with Crippen molar-refractivity contribution in [3.8, 4) is 0 Å². The summed E-state index contributed by atoms with van der Waals surface area (Å²) in [6.07, 6.45) is 1.06. The lowest BCUT2D eigenvalue weighted by Crippen LogP contribution is -2.46. The number of carbonyl (C=O) groups excluding carboxylic acids is 1. The van der Waals surface area contributed by atoms with E-state index in [1.54, 1.807) is 0 Å². The molecule has 110 valence electrons. The van der Waals surface area contributed by atoms with Crippen molar-refractivity contribution in [3.05, 3.63) is 0 Å². The number of carboxylic acids is 1. The minimum Gasteiger partial charge on any atom is -0.480 e. The molecule has 0 aromatic carbocycles. The molecule has 1 aliphatic heterocycles. The molecule has 1 heterocycles. The molecule has 0 aromatic heterocycles. The van der Waals surface area contributed by atoms with Crippen LogP contribution in [0.15, 0.2) is 0 Å². The molecule has 0 unspecified atom stereocenters. The average molecular weight is 292 g/mol. The van der Waals surface area contributed by atoms with Crippen LogP contribution < -0.4 is 0 Å². The van der Waals surface area contributed by atoms with Gasteiger partial charge in [-0.3, -0.25) is 4.79 Å². The van der Waals surface area contributed by atoms with E-state index in [0.29, 0.717) is 25.9 Å². The van der Waals surface area contributed by atoms with Gasteiger partial charge in [0.1, 0.15) is 6.54 Å². The van der Waals surface area contributed by atoms with Crippen LogP contribution in [0.5, 0.6) is 0 Å². The Labute approximate surface area is 113 Å². The standard InChI is InChI=1S/C11H20N2O5S/c1-2-4-13(9-10(14)15)11(16)12-5-3-7-19(17,18)8-6-12/h2-9H2,1H3,(H,14,15). The fourth-order valence-corrected chi connectivity index (χ4v) is 3.28. The van der Waals surface area contributed by atoms with Crippen LogP contribution in [0.2, 0.25) is 0 Å². The highest BCUT2D eigenvalue weighted by molar-refractivity contribution is 7.91. The molecular weight excluding hydrogens is 272 g/mol. The summed E-state index contributed by atoms with van der Waals surface area (Å²) in [6.45, 7) is 2.36. The summed E-state index contributed by atoms with van der Waals surface area (Å²) in [4.78, 5) is 25.6. The third kappa shape index (κ3) is 5.06. The second kappa shape index (κ2) is 6.74. The number of aliphatic carboxylic acids is 1. The first-order valence-corrected chi connectivity index (χ1v) is 8.14. The lowest BCUT2D eigenvalue weighted by molar-refractivity contribution is -0.137. The first-order valence-electron chi connectivity index (χ1n) is 6.32. The zero-order chi connectivity index (χ0) is 14.5. The van der Waals surface area contributed by atoms with Gasteiger partial charge in [-0.15, -0.1) is 0 Å². The van der Waals surface area contributed by atoms with Gasteiger partial charge in [0.2, 0.25) is 0 Å². The Morgan fingerprint density at radius 2 is 1.95 bits per heavy atom. The van der Waals surface area contributed by atoms with Crippen molar-refractivity contribution >= 4 is 21.8 Å². The molecule has 0 atom stereocenters. The summed E-state index contributed by atoms with van der Waals surface area (Å²) >= 11 is 0. The van der Waals surface area contributed by atoms with Crippen LogP contribution >= 0.6 is 0 Å². The highest BCUT2D eigenvalue weighted by atomic mass is 32.2. The summed E-state index contributed by atoms with van der Waals surface area (Å²) in [7, 11) is -3.08. The fraction of sp³-hybridized carbons (Fsp3) is 0.818. The van der Waals surface area contributed by atoms with Crippen LogP contribution in [0.3, 0.4) is 0 Å². The van der Waals surface area contributed by atoms with Gasteiger partial charge in [0, 0.05) is 19.6 Å². The van der Waals surface area contributed by atoms with Crippen molar-refractivity contribution in [2.45, 2.75) is 19.8 Å². The van der Waals surface area contributed by atoms with Crippen LogP contribution in [-0.2, 0) is 14.6 Å². The molecule has 8 heteroatoms. The Morgan fingerprint density at radius 3 is 2.53 bits per heavy atom. The molecule has 1 saturated heterocycles. The Morgan fingerprint density at radius 1 is 1.26 bits per heavy atom. The van der Waals surface area contributed by atoms with Gasteiger partial charge in [0.15, 0.2) is 9.84 Å². The number of rotatable bonds is 4. The first-order chi connectivity index (χ1) is 8.85. The zero-order valence-corrected chi connectivity index (χ0v) is 11.9. The van der Waals surface area contributed by atoms with Crippen molar-refractivity contribution in [2.24, 2.45) is 0 Å². The molecule has 1 N–H and O–H groups in total. The van der Waals surface area contributed by atoms with Gasteiger partial charge in [-0.1, -0.05) is 6.92 Å². The third-order valence-corrected chi connectivity index (χ3v) is 4.63. The van der Waals surface area contributed by atoms with Crippen LogP contribution in [0.1, 0.15) is 19.8 Å². The van der Waals surface area contributed by atoms with E-state index in [-0.39, 0.29) is 30.6 Å². The van der Waals surface area contributed by atoms with Crippen molar-refractivity contribution in [3.63, 3.8) is 0 Å². The second-order valence-electron chi connectivity index (χ2n) is 4.59. The first kappa shape index (κ1) is 15.7. The van der Waals surface area contributed by atoms with Crippen LogP contribution in [0.4, 0.5) is 4.79 Å². The quantitative estimate of drug-likeness (QED) is 0.788. The molecular formula is C11H20N2O5S. The van der Waals surface area contributed by atoms with E-state index in [4.69, 9.17) is 5.11 Å².